The predicted octanol–water partition coefficient (Wildman–Crippen LogP) is 4.17. The maximum absolute atomic E-state index is 13.8. The van der Waals surface area contributed by atoms with Crippen LogP contribution in [0.2, 0.25) is 4.34 Å². The van der Waals surface area contributed by atoms with Crippen molar-refractivity contribution >= 4 is 22.9 Å². The molecule has 0 aliphatic rings. The number of rotatable bonds is 4. The maximum Gasteiger partial charge on any atom is 0.165 e. The third-order valence-corrected chi connectivity index (χ3v) is 4.58. The molecule has 0 aliphatic carbocycles. The van der Waals surface area contributed by atoms with E-state index >= 15 is 0 Å². The summed E-state index contributed by atoms with van der Waals surface area (Å²) in [6, 6.07) is 6.93. The Morgan fingerprint density at radius 3 is 2.58 bits per heavy atom. The van der Waals surface area contributed by atoms with Crippen LogP contribution in [0.25, 0.3) is 0 Å². The van der Waals surface area contributed by atoms with Crippen molar-refractivity contribution in [3.8, 4) is 5.75 Å². The Hall–Kier alpha value is -1.10. The summed E-state index contributed by atoms with van der Waals surface area (Å²) in [5.74, 6) is -0.112. The lowest BCUT2D eigenvalue weighted by atomic mass is 10.0. The third-order valence-electron chi connectivity index (χ3n) is 2.96. The molecule has 0 amide bonds. The molecule has 19 heavy (non-hydrogen) atoms. The van der Waals surface area contributed by atoms with E-state index in [4.69, 9.17) is 16.3 Å². The van der Waals surface area contributed by atoms with Gasteiger partial charge in [0, 0.05) is 4.88 Å². The SMILES string of the molecule is CNC(c1ccc(OC)c(F)c1)c1cc(C)c(Cl)s1. The Bertz CT molecular complexity index is 565. The number of hydrogen-bond acceptors (Lipinski definition) is 3. The fraction of sp³-hybridized carbons (Fsp3) is 0.286. The smallest absolute Gasteiger partial charge is 0.165 e. The van der Waals surface area contributed by atoms with E-state index in [-0.39, 0.29) is 17.6 Å². The van der Waals surface area contributed by atoms with Gasteiger partial charge in [0.15, 0.2) is 11.6 Å². The lowest BCUT2D eigenvalue weighted by molar-refractivity contribution is 0.386. The standard InChI is InChI=1S/C14H15ClFNOS/c1-8-6-12(19-14(8)15)13(17-2)9-4-5-11(18-3)10(16)7-9/h4-7,13,17H,1-3H3. The monoisotopic (exact) mass is 299 g/mol. The zero-order chi connectivity index (χ0) is 14.0. The zero-order valence-electron chi connectivity index (χ0n) is 11.0. The molecule has 0 saturated heterocycles. The Kier molecular flexibility index (Phi) is 4.45. The highest BCUT2D eigenvalue weighted by atomic mass is 35.5. The second kappa shape index (κ2) is 5.90. The summed E-state index contributed by atoms with van der Waals surface area (Å²) in [7, 11) is 3.30. The van der Waals surface area contributed by atoms with Gasteiger partial charge in [-0.1, -0.05) is 17.7 Å². The van der Waals surface area contributed by atoms with Crippen LogP contribution in [0.1, 0.15) is 22.0 Å². The first-order chi connectivity index (χ1) is 9.06. The van der Waals surface area contributed by atoms with Crippen molar-refractivity contribution in [3.63, 3.8) is 0 Å². The minimum atomic E-state index is -0.361. The van der Waals surface area contributed by atoms with Crippen LogP contribution in [-0.2, 0) is 0 Å². The Labute approximate surface area is 121 Å². The van der Waals surface area contributed by atoms with Gasteiger partial charge in [-0.2, -0.15) is 0 Å². The molecule has 0 radical (unpaired) electrons. The number of benzene rings is 1. The van der Waals surface area contributed by atoms with Crippen molar-refractivity contribution in [1.29, 1.82) is 0 Å². The fourth-order valence-corrected chi connectivity index (χ4v) is 3.32. The van der Waals surface area contributed by atoms with Crippen LogP contribution in [0.5, 0.6) is 5.75 Å². The molecule has 1 N–H and O–H groups in total. The van der Waals surface area contributed by atoms with Crippen molar-refractivity contribution in [3.05, 3.63) is 50.4 Å². The largest absolute Gasteiger partial charge is 0.494 e. The topological polar surface area (TPSA) is 21.3 Å². The predicted molar refractivity (Wildman–Crippen MR) is 77.9 cm³/mol. The van der Waals surface area contributed by atoms with Gasteiger partial charge in [0.1, 0.15) is 0 Å². The number of methoxy groups -OCH3 is 1. The molecular weight excluding hydrogens is 285 g/mol. The highest BCUT2D eigenvalue weighted by Crippen LogP contribution is 2.34. The van der Waals surface area contributed by atoms with E-state index in [1.54, 1.807) is 6.07 Å². The van der Waals surface area contributed by atoms with E-state index in [1.807, 2.05) is 26.1 Å². The van der Waals surface area contributed by atoms with Crippen molar-refractivity contribution < 1.29 is 9.13 Å². The van der Waals surface area contributed by atoms with E-state index in [0.29, 0.717) is 0 Å². The summed E-state index contributed by atoms with van der Waals surface area (Å²) in [5.41, 5.74) is 1.88. The molecule has 2 nitrogen and oxygen atoms in total. The van der Waals surface area contributed by atoms with Crippen LogP contribution >= 0.6 is 22.9 Å². The molecular formula is C14H15ClFNOS. The highest BCUT2D eigenvalue weighted by Gasteiger charge is 2.17. The van der Waals surface area contributed by atoms with Gasteiger partial charge in [0.25, 0.3) is 0 Å². The van der Waals surface area contributed by atoms with Crippen LogP contribution in [-0.4, -0.2) is 14.2 Å². The summed E-state index contributed by atoms with van der Waals surface area (Å²) < 4.78 is 19.5. The van der Waals surface area contributed by atoms with Gasteiger partial charge in [0.2, 0.25) is 0 Å². The Morgan fingerprint density at radius 2 is 2.11 bits per heavy atom. The molecule has 0 saturated carbocycles. The molecule has 1 aromatic carbocycles. The molecule has 0 spiro atoms. The number of aryl methyl sites for hydroxylation is 1. The first-order valence-corrected chi connectivity index (χ1v) is 7.02. The summed E-state index contributed by atoms with van der Waals surface area (Å²) in [6.07, 6.45) is 0. The van der Waals surface area contributed by atoms with Gasteiger partial charge in [-0.3, -0.25) is 0 Å². The normalized spacial score (nSPS) is 12.5. The maximum atomic E-state index is 13.8. The second-order valence-corrected chi connectivity index (χ2v) is 5.91. The molecule has 1 atom stereocenters. The first-order valence-electron chi connectivity index (χ1n) is 5.83. The van der Waals surface area contributed by atoms with Crippen LogP contribution < -0.4 is 10.1 Å². The first kappa shape index (κ1) is 14.3. The fourth-order valence-electron chi connectivity index (χ4n) is 1.96. The minimum Gasteiger partial charge on any atom is -0.494 e. The summed E-state index contributed by atoms with van der Waals surface area (Å²) in [5, 5.41) is 3.18. The van der Waals surface area contributed by atoms with Gasteiger partial charge in [0.05, 0.1) is 17.5 Å². The van der Waals surface area contributed by atoms with E-state index in [0.717, 1.165) is 20.3 Å². The Balaban J connectivity index is 2.39. The molecule has 1 aromatic heterocycles. The Morgan fingerprint density at radius 1 is 1.37 bits per heavy atom. The molecule has 1 heterocycles. The number of nitrogens with one attached hydrogen (secondary N) is 1. The lowest BCUT2D eigenvalue weighted by Gasteiger charge is -2.15. The van der Waals surface area contributed by atoms with Crippen molar-refractivity contribution in [1.82, 2.24) is 5.32 Å². The summed E-state index contributed by atoms with van der Waals surface area (Å²) in [6.45, 7) is 1.96. The van der Waals surface area contributed by atoms with Crippen molar-refractivity contribution in [2.45, 2.75) is 13.0 Å². The van der Waals surface area contributed by atoms with Crippen LogP contribution in [0.3, 0.4) is 0 Å². The van der Waals surface area contributed by atoms with Gasteiger partial charge in [-0.05, 0) is 43.3 Å². The lowest BCUT2D eigenvalue weighted by Crippen LogP contribution is -2.16. The zero-order valence-corrected chi connectivity index (χ0v) is 12.5. The molecule has 5 heteroatoms. The molecule has 0 bridgehead atoms. The molecule has 1 unspecified atom stereocenters. The average Bonchev–Trinajstić information content (AvgIpc) is 2.70. The molecule has 2 rings (SSSR count). The van der Waals surface area contributed by atoms with Crippen LogP contribution in [0.4, 0.5) is 4.39 Å². The van der Waals surface area contributed by atoms with E-state index in [2.05, 4.69) is 5.32 Å². The minimum absolute atomic E-state index is 0.0726. The van der Waals surface area contributed by atoms with Gasteiger partial charge < -0.3 is 10.1 Å². The molecule has 0 fully saturated rings. The average molecular weight is 300 g/mol. The number of thiophene rings is 1. The van der Waals surface area contributed by atoms with E-state index < -0.39 is 0 Å². The van der Waals surface area contributed by atoms with E-state index in [1.165, 1.54) is 24.5 Å². The number of ether oxygens (including phenoxy) is 1. The number of hydrogen-bond donors (Lipinski definition) is 1. The number of halogens is 2. The van der Waals surface area contributed by atoms with Gasteiger partial charge >= 0.3 is 0 Å². The molecule has 102 valence electrons. The van der Waals surface area contributed by atoms with E-state index in [9.17, 15) is 4.39 Å². The van der Waals surface area contributed by atoms with Crippen molar-refractivity contribution in [2.24, 2.45) is 0 Å². The summed E-state index contributed by atoms with van der Waals surface area (Å²) in [4.78, 5) is 1.06. The quantitative estimate of drug-likeness (QED) is 0.915. The second-order valence-electron chi connectivity index (χ2n) is 4.22. The van der Waals surface area contributed by atoms with Gasteiger partial charge in [-0.15, -0.1) is 11.3 Å². The van der Waals surface area contributed by atoms with Gasteiger partial charge in [-0.25, -0.2) is 4.39 Å². The van der Waals surface area contributed by atoms with Crippen LogP contribution in [0.15, 0.2) is 24.3 Å². The summed E-state index contributed by atoms with van der Waals surface area (Å²) >= 11 is 7.60. The highest BCUT2D eigenvalue weighted by molar-refractivity contribution is 7.16. The van der Waals surface area contributed by atoms with Crippen LogP contribution in [0, 0.1) is 12.7 Å². The third kappa shape index (κ3) is 2.91. The molecule has 2 aromatic rings. The molecule has 0 aliphatic heterocycles. The van der Waals surface area contributed by atoms with Crippen molar-refractivity contribution in [2.75, 3.05) is 14.2 Å².